The molecule has 3 rings (SSSR count). The number of fused-ring (bicyclic) bond motifs is 1. The first-order valence-electron chi connectivity index (χ1n) is 9.13. The minimum Gasteiger partial charge on any atom is -0.476 e. The number of hydrogen-bond acceptors (Lipinski definition) is 3. The standard InChI is InChI=1S/C20H22F3N5O/c1-24-19(25-9-8-14-12-27-17-5-3-2-4-16(14)17)26-10-11-29-18-7-6-15(13-28-18)20(21,22)23/h2-7,12-13,27H,8-11H2,1H3,(H2,24,25,26). The van der Waals surface area contributed by atoms with Crippen molar-refractivity contribution in [2.24, 2.45) is 4.99 Å². The average Bonchev–Trinajstić information content (AvgIpc) is 3.12. The Morgan fingerprint density at radius 2 is 1.93 bits per heavy atom. The normalized spacial score (nSPS) is 12.2. The number of aromatic amines is 1. The van der Waals surface area contributed by atoms with Crippen LogP contribution in [0.5, 0.6) is 5.88 Å². The molecule has 29 heavy (non-hydrogen) atoms. The van der Waals surface area contributed by atoms with Crippen molar-refractivity contribution < 1.29 is 17.9 Å². The molecule has 0 radical (unpaired) electrons. The maximum atomic E-state index is 12.5. The van der Waals surface area contributed by atoms with Crippen molar-refractivity contribution >= 4 is 16.9 Å². The van der Waals surface area contributed by atoms with E-state index >= 15 is 0 Å². The molecule has 0 aliphatic heterocycles. The number of alkyl halides is 3. The number of halogens is 3. The van der Waals surface area contributed by atoms with E-state index in [1.807, 2.05) is 24.4 Å². The van der Waals surface area contributed by atoms with Gasteiger partial charge in [0, 0.05) is 43.0 Å². The predicted molar refractivity (Wildman–Crippen MR) is 106 cm³/mol. The van der Waals surface area contributed by atoms with Gasteiger partial charge in [0.05, 0.1) is 12.1 Å². The lowest BCUT2D eigenvalue weighted by Gasteiger charge is -2.12. The van der Waals surface area contributed by atoms with E-state index in [1.165, 1.54) is 17.0 Å². The lowest BCUT2D eigenvalue weighted by Crippen LogP contribution is -2.40. The van der Waals surface area contributed by atoms with Crippen LogP contribution in [0.1, 0.15) is 11.1 Å². The van der Waals surface area contributed by atoms with E-state index in [-0.39, 0.29) is 12.5 Å². The summed E-state index contributed by atoms with van der Waals surface area (Å²) in [4.78, 5) is 11.1. The zero-order valence-corrected chi connectivity index (χ0v) is 15.9. The Balaban J connectivity index is 1.38. The summed E-state index contributed by atoms with van der Waals surface area (Å²) < 4.78 is 42.9. The average molecular weight is 405 g/mol. The van der Waals surface area contributed by atoms with Crippen LogP contribution in [-0.4, -0.2) is 42.7 Å². The summed E-state index contributed by atoms with van der Waals surface area (Å²) in [6.07, 6.45) is -0.810. The Labute approximate surface area is 166 Å². The van der Waals surface area contributed by atoms with Crippen molar-refractivity contribution in [3.63, 3.8) is 0 Å². The lowest BCUT2D eigenvalue weighted by molar-refractivity contribution is -0.137. The largest absolute Gasteiger partial charge is 0.476 e. The Bertz CT molecular complexity index is 951. The van der Waals surface area contributed by atoms with Gasteiger partial charge in [0.25, 0.3) is 0 Å². The van der Waals surface area contributed by atoms with Gasteiger partial charge < -0.3 is 20.4 Å². The molecule has 9 heteroatoms. The Morgan fingerprint density at radius 1 is 1.14 bits per heavy atom. The number of para-hydroxylation sites is 1. The molecule has 1 aromatic carbocycles. The third kappa shape index (κ3) is 5.63. The molecule has 0 aliphatic rings. The van der Waals surface area contributed by atoms with Crippen LogP contribution in [0, 0.1) is 0 Å². The van der Waals surface area contributed by atoms with Gasteiger partial charge in [-0.05, 0) is 24.1 Å². The molecule has 0 spiro atoms. The van der Waals surface area contributed by atoms with Crippen molar-refractivity contribution in [2.45, 2.75) is 12.6 Å². The maximum Gasteiger partial charge on any atom is 0.417 e. The molecule has 0 saturated heterocycles. The van der Waals surface area contributed by atoms with E-state index in [4.69, 9.17) is 4.74 Å². The molecule has 154 valence electrons. The minimum atomic E-state index is -4.40. The molecule has 0 atom stereocenters. The summed E-state index contributed by atoms with van der Waals surface area (Å²) >= 11 is 0. The number of guanidine groups is 1. The SMILES string of the molecule is CN=C(NCCOc1ccc(C(F)(F)F)cn1)NCCc1c[nH]c2ccccc12. The smallest absolute Gasteiger partial charge is 0.417 e. The first kappa shape index (κ1) is 20.5. The highest BCUT2D eigenvalue weighted by Crippen LogP contribution is 2.29. The predicted octanol–water partition coefficient (Wildman–Crippen LogP) is 3.37. The number of pyridine rings is 1. The van der Waals surface area contributed by atoms with E-state index in [9.17, 15) is 13.2 Å². The third-order valence-electron chi connectivity index (χ3n) is 4.29. The first-order valence-corrected chi connectivity index (χ1v) is 9.13. The molecular weight excluding hydrogens is 383 g/mol. The molecule has 0 aliphatic carbocycles. The van der Waals surface area contributed by atoms with Gasteiger partial charge in [0.1, 0.15) is 6.61 Å². The molecule has 0 fully saturated rings. The molecule has 2 heterocycles. The fraction of sp³-hybridized carbons (Fsp3) is 0.300. The zero-order chi connectivity index (χ0) is 20.7. The van der Waals surface area contributed by atoms with E-state index < -0.39 is 11.7 Å². The molecular formula is C20H22F3N5O. The van der Waals surface area contributed by atoms with Crippen molar-refractivity contribution in [1.82, 2.24) is 20.6 Å². The number of hydrogen-bond donors (Lipinski definition) is 3. The molecule has 0 unspecified atom stereocenters. The number of aromatic nitrogens is 2. The van der Waals surface area contributed by atoms with Crippen LogP contribution in [0.2, 0.25) is 0 Å². The van der Waals surface area contributed by atoms with Crippen LogP contribution in [0.25, 0.3) is 10.9 Å². The van der Waals surface area contributed by atoms with Crippen molar-refractivity contribution in [3.8, 4) is 5.88 Å². The monoisotopic (exact) mass is 405 g/mol. The fourth-order valence-electron chi connectivity index (χ4n) is 2.83. The second-order valence-corrected chi connectivity index (χ2v) is 6.27. The highest BCUT2D eigenvalue weighted by Gasteiger charge is 2.30. The fourth-order valence-corrected chi connectivity index (χ4v) is 2.83. The van der Waals surface area contributed by atoms with Crippen LogP contribution in [0.4, 0.5) is 13.2 Å². The summed E-state index contributed by atoms with van der Waals surface area (Å²) in [5.41, 5.74) is 1.53. The van der Waals surface area contributed by atoms with Gasteiger partial charge in [-0.3, -0.25) is 4.99 Å². The van der Waals surface area contributed by atoms with Crippen molar-refractivity contribution in [1.29, 1.82) is 0 Å². The second kappa shape index (κ2) is 9.31. The molecule has 0 bridgehead atoms. The van der Waals surface area contributed by atoms with E-state index in [0.29, 0.717) is 19.0 Å². The number of aliphatic imine (C=N–C) groups is 1. The molecule has 3 aromatic rings. The van der Waals surface area contributed by atoms with Gasteiger partial charge in [-0.15, -0.1) is 0 Å². The molecule has 3 N–H and O–H groups in total. The summed E-state index contributed by atoms with van der Waals surface area (Å²) in [5, 5.41) is 7.52. The van der Waals surface area contributed by atoms with Crippen LogP contribution in [0.15, 0.2) is 53.8 Å². The summed E-state index contributed by atoms with van der Waals surface area (Å²) in [7, 11) is 1.67. The minimum absolute atomic E-state index is 0.141. The van der Waals surface area contributed by atoms with Gasteiger partial charge in [-0.1, -0.05) is 18.2 Å². The Kier molecular flexibility index (Phi) is 6.58. The van der Waals surface area contributed by atoms with Crippen LogP contribution >= 0.6 is 0 Å². The molecule has 0 saturated carbocycles. The zero-order valence-electron chi connectivity index (χ0n) is 15.9. The van der Waals surface area contributed by atoms with Gasteiger partial charge in [0.2, 0.25) is 5.88 Å². The van der Waals surface area contributed by atoms with Crippen LogP contribution < -0.4 is 15.4 Å². The van der Waals surface area contributed by atoms with Crippen molar-refractivity contribution in [2.75, 3.05) is 26.7 Å². The molecule has 6 nitrogen and oxygen atoms in total. The first-order chi connectivity index (χ1) is 14.0. The third-order valence-corrected chi connectivity index (χ3v) is 4.29. The van der Waals surface area contributed by atoms with Crippen LogP contribution in [0.3, 0.4) is 0 Å². The Hall–Kier alpha value is -3.23. The van der Waals surface area contributed by atoms with Gasteiger partial charge in [0.15, 0.2) is 5.96 Å². The number of ether oxygens (including phenoxy) is 1. The second-order valence-electron chi connectivity index (χ2n) is 6.27. The summed E-state index contributed by atoms with van der Waals surface area (Å²) in [6, 6.07) is 10.3. The highest BCUT2D eigenvalue weighted by atomic mass is 19.4. The summed E-state index contributed by atoms with van der Waals surface area (Å²) in [6.45, 7) is 1.36. The molecule has 2 aromatic heterocycles. The van der Waals surface area contributed by atoms with E-state index in [1.54, 1.807) is 7.05 Å². The van der Waals surface area contributed by atoms with E-state index in [2.05, 4.69) is 31.7 Å². The van der Waals surface area contributed by atoms with Gasteiger partial charge in [-0.2, -0.15) is 13.2 Å². The number of H-pyrrole nitrogens is 1. The number of nitrogens with zero attached hydrogens (tertiary/aromatic N) is 2. The molecule has 0 amide bonds. The quantitative estimate of drug-likeness (QED) is 0.320. The number of benzene rings is 1. The van der Waals surface area contributed by atoms with Crippen LogP contribution in [-0.2, 0) is 12.6 Å². The summed E-state index contributed by atoms with van der Waals surface area (Å²) in [5.74, 6) is 0.760. The lowest BCUT2D eigenvalue weighted by atomic mass is 10.1. The number of nitrogens with one attached hydrogen (secondary N) is 3. The maximum absolute atomic E-state index is 12.5. The van der Waals surface area contributed by atoms with Gasteiger partial charge >= 0.3 is 6.18 Å². The van der Waals surface area contributed by atoms with Crippen molar-refractivity contribution in [3.05, 3.63) is 59.9 Å². The van der Waals surface area contributed by atoms with E-state index in [0.717, 1.165) is 24.2 Å². The highest BCUT2D eigenvalue weighted by molar-refractivity contribution is 5.83. The topological polar surface area (TPSA) is 74.3 Å². The van der Waals surface area contributed by atoms with Gasteiger partial charge in [-0.25, -0.2) is 4.98 Å². The Morgan fingerprint density at radius 3 is 2.66 bits per heavy atom. The number of rotatable bonds is 7.